The molecule has 0 aromatic heterocycles. The van der Waals surface area contributed by atoms with Crippen LogP contribution in [0.1, 0.15) is 47.2 Å². The second-order valence-corrected chi connectivity index (χ2v) is 9.41. The number of rotatable bonds is 5. The zero-order valence-electron chi connectivity index (χ0n) is 15.9. The van der Waals surface area contributed by atoms with Gasteiger partial charge in [0, 0.05) is 19.6 Å². The maximum absolute atomic E-state index is 13.0. The van der Waals surface area contributed by atoms with E-state index in [1.54, 1.807) is 0 Å². The molecule has 0 aliphatic carbocycles. The van der Waals surface area contributed by atoms with Crippen molar-refractivity contribution in [2.45, 2.75) is 44.0 Å². The van der Waals surface area contributed by atoms with Crippen molar-refractivity contribution in [3.8, 4) is 0 Å². The smallest absolute Gasteiger partial charge is 0.253 e. The number of nitrogens with one attached hydrogen (secondary N) is 1. The minimum Gasteiger partial charge on any atom is -0.348 e. The van der Waals surface area contributed by atoms with E-state index in [2.05, 4.69) is 5.32 Å². The van der Waals surface area contributed by atoms with Gasteiger partial charge in [0.1, 0.15) is 0 Å². The highest BCUT2D eigenvalue weighted by molar-refractivity contribution is 7.89. The van der Waals surface area contributed by atoms with Crippen LogP contribution in [0.15, 0.2) is 47.4 Å². The third kappa shape index (κ3) is 4.74. The molecule has 1 amide bonds. The molecule has 2 aromatic rings. The van der Waals surface area contributed by atoms with Crippen LogP contribution in [0.4, 0.5) is 0 Å². The normalized spacial score (nSPS) is 15.8. The summed E-state index contributed by atoms with van der Waals surface area (Å²) in [7, 11) is -3.64. The summed E-state index contributed by atoms with van der Waals surface area (Å²) in [4.78, 5) is 12.8. The molecule has 7 heteroatoms. The molecule has 0 saturated carbocycles. The van der Waals surface area contributed by atoms with Gasteiger partial charge in [-0.25, -0.2) is 8.42 Å². The van der Waals surface area contributed by atoms with Crippen molar-refractivity contribution in [2.75, 3.05) is 13.1 Å². The Morgan fingerprint density at radius 1 is 1.07 bits per heavy atom. The van der Waals surface area contributed by atoms with Gasteiger partial charge in [-0.3, -0.25) is 4.79 Å². The largest absolute Gasteiger partial charge is 0.348 e. The molecular formula is C21H25ClN2O3S. The highest BCUT2D eigenvalue weighted by atomic mass is 35.5. The molecule has 1 aliphatic heterocycles. The lowest BCUT2D eigenvalue weighted by atomic mass is 10.1. The van der Waals surface area contributed by atoms with Gasteiger partial charge >= 0.3 is 0 Å². The van der Waals surface area contributed by atoms with Crippen LogP contribution in [-0.4, -0.2) is 31.7 Å². The predicted molar refractivity (Wildman–Crippen MR) is 111 cm³/mol. The van der Waals surface area contributed by atoms with Crippen molar-refractivity contribution >= 4 is 27.5 Å². The summed E-state index contributed by atoms with van der Waals surface area (Å²) >= 11 is 6.20. The number of nitrogens with zero attached hydrogens (tertiary/aromatic N) is 1. The Morgan fingerprint density at radius 3 is 2.43 bits per heavy atom. The fraction of sp³-hybridized carbons (Fsp3) is 0.381. The predicted octanol–water partition coefficient (Wildman–Crippen LogP) is 4.14. The highest BCUT2D eigenvalue weighted by Crippen LogP contribution is 2.25. The van der Waals surface area contributed by atoms with Crippen molar-refractivity contribution in [3.05, 3.63) is 64.2 Å². The summed E-state index contributed by atoms with van der Waals surface area (Å²) in [5.41, 5.74) is 2.25. The van der Waals surface area contributed by atoms with E-state index in [0.717, 1.165) is 36.8 Å². The standard InChI is InChI=1S/C21H25ClN2O3S/c1-16-8-4-5-9-17(16)15-23-21(25)19-14-18(10-11-20(19)22)28(26,27)24-12-6-2-3-7-13-24/h4-5,8-11,14H,2-3,6-7,12-13,15H2,1H3,(H,23,25). The lowest BCUT2D eigenvalue weighted by Gasteiger charge is -2.20. The molecule has 1 N–H and O–H groups in total. The molecule has 1 fully saturated rings. The van der Waals surface area contributed by atoms with Crippen LogP contribution in [0.25, 0.3) is 0 Å². The van der Waals surface area contributed by atoms with E-state index in [-0.39, 0.29) is 21.4 Å². The number of halogens is 1. The Labute approximate surface area is 171 Å². The maximum atomic E-state index is 13.0. The van der Waals surface area contributed by atoms with Crippen LogP contribution >= 0.6 is 11.6 Å². The van der Waals surface area contributed by atoms with Crippen molar-refractivity contribution in [1.29, 1.82) is 0 Å². The molecular weight excluding hydrogens is 396 g/mol. The fourth-order valence-corrected chi connectivity index (χ4v) is 5.10. The summed E-state index contributed by atoms with van der Waals surface area (Å²) in [6.45, 7) is 3.35. The van der Waals surface area contributed by atoms with Crippen LogP contribution in [0.5, 0.6) is 0 Å². The van der Waals surface area contributed by atoms with Gasteiger partial charge < -0.3 is 5.32 Å². The van der Waals surface area contributed by atoms with Gasteiger partial charge in [-0.2, -0.15) is 4.31 Å². The third-order valence-electron chi connectivity index (χ3n) is 5.09. The number of sulfonamides is 1. The number of carbonyl (C=O) groups is 1. The van der Waals surface area contributed by atoms with E-state index in [0.29, 0.717) is 19.6 Å². The van der Waals surface area contributed by atoms with E-state index in [9.17, 15) is 13.2 Å². The van der Waals surface area contributed by atoms with Gasteiger partial charge in [-0.15, -0.1) is 0 Å². The van der Waals surface area contributed by atoms with Gasteiger partial charge in [0.05, 0.1) is 15.5 Å². The lowest BCUT2D eigenvalue weighted by molar-refractivity contribution is 0.0951. The molecule has 0 spiro atoms. The molecule has 150 valence electrons. The number of benzene rings is 2. The second kappa shape index (κ2) is 9.07. The van der Waals surface area contributed by atoms with Gasteiger partial charge in [-0.1, -0.05) is 48.7 Å². The first kappa shape index (κ1) is 20.8. The fourth-order valence-electron chi connectivity index (χ4n) is 3.35. The lowest BCUT2D eigenvalue weighted by Crippen LogP contribution is -2.32. The Balaban J connectivity index is 1.80. The Kier molecular flexibility index (Phi) is 6.75. The Bertz CT molecular complexity index is 952. The van der Waals surface area contributed by atoms with Crippen molar-refractivity contribution < 1.29 is 13.2 Å². The molecule has 0 bridgehead atoms. The molecule has 3 rings (SSSR count). The van der Waals surface area contributed by atoms with E-state index < -0.39 is 10.0 Å². The van der Waals surface area contributed by atoms with E-state index in [1.807, 2.05) is 31.2 Å². The van der Waals surface area contributed by atoms with E-state index in [4.69, 9.17) is 11.6 Å². The summed E-state index contributed by atoms with van der Waals surface area (Å²) in [5.74, 6) is -0.388. The zero-order chi connectivity index (χ0) is 20.1. The number of aryl methyl sites for hydroxylation is 1. The van der Waals surface area contributed by atoms with E-state index >= 15 is 0 Å². The van der Waals surface area contributed by atoms with Crippen molar-refractivity contribution in [1.82, 2.24) is 9.62 Å². The monoisotopic (exact) mass is 420 g/mol. The first-order chi connectivity index (χ1) is 13.4. The highest BCUT2D eigenvalue weighted by Gasteiger charge is 2.26. The average molecular weight is 421 g/mol. The molecule has 1 heterocycles. The molecule has 5 nitrogen and oxygen atoms in total. The molecule has 28 heavy (non-hydrogen) atoms. The number of amides is 1. The van der Waals surface area contributed by atoms with Crippen molar-refractivity contribution in [3.63, 3.8) is 0 Å². The first-order valence-corrected chi connectivity index (χ1v) is 11.3. The van der Waals surface area contributed by atoms with Crippen LogP contribution in [-0.2, 0) is 16.6 Å². The molecule has 0 unspecified atom stereocenters. The van der Waals surface area contributed by atoms with Crippen LogP contribution < -0.4 is 5.32 Å². The van der Waals surface area contributed by atoms with Gasteiger partial charge in [0.2, 0.25) is 10.0 Å². The molecule has 2 aromatic carbocycles. The SMILES string of the molecule is Cc1ccccc1CNC(=O)c1cc(S(=O)(=O)N2CCCCCC2)ccc1Cl. The molecule has 1 saturated heterocycles. The second-order valence-electron chi connectivity index (χ2n) is 7.07. The topological polar surface area (TPSA) is 66.5 Å². The summed E-state index contributed by atoms with van der Waals surface area (Å²) in [5, 5.41) is 3.07. The third-order valence-corrected chi connectivity index (χ3v) is 7.31. The van der Waals surface area contributed by atoms with Crippen LogP contribution in [0, 0.1) is 6.92 Å². The van der Waals surface area contributed by atoms with E-state index in [1.165, 1.54) is 22.5 Å². The number of carbonyl (C=O) groups excluding carboxylic acids is 1. The summed E-state index contributed by atoms with van der Waals surface area (Å²) in [6.07, 6.45) is 3.80. The Hall–Kier alpha value is -1.89. The minimum absolute atomic E-state index is 0.111. The average Bonchev–Trinajstić information content (AvgIpc) is 2.97. The first-order valence-electron chi connectivity index (χ1n) is 9.52. The molecule has 0 atom stereocenters. The van der Waals surface area contributed by atoms with Crippen LogP contribution in [0.2, 0.25) is 5.02 Å². The summed E-state index contributed by atoms with van der Waals surface area (Å²) < 4.78 is 27.5. The molecule has 1 aliphatic rings. The molecule has 0 radical (unpaired) electrons. The van der Waals surface area contributed by atoms with Crippen LogP contribution in [0.3, 0.4) is 0 Å². The van der Waals surface area contributed by atoms with Gasteiger partial charge in [0.25, 0.3) is 5.91 Å². The number of hydrogen-bond acceptors (Lipinski definition) is 3. The maximum Gasteiger partial charge on any atom is 0.253 e. The zero-order valence-corrected chi connectivity index (χ0v) is 17.5. The summed E-state index contributed by atoms with van der Waals surface area (Å²) in [6, 6.07) is 12.1. The van der Waals surface area contributed by atoms with Gasteiger partial charge in [0.15, 0.2) is 0 Å². The number of hydrogen-bond donors (Lipinski definition) is 1. The van der Waals surface area contributed by atoms with Crippen molar-refractivity contribution in [2.24, 2.45) is 0 Å². The quantitative estimate of drug-likeness (QED) is 0.790. The van der Waals surface area contributed by atoms with Gasteiger partial charge in [-0.05, 0) is 49.1 Å². The Morgan fingerprint density at radius 2 is 1.75 bits per heavy atom. The minimum atomic E-state index is -3.64.